The topological polar surface area (TPSA) is 98.6 Å². The predicted molar refractivity (Wildman–Crippen MR) is 113 cm³/mol. The maximum atomic E-state index is 14.3. The van der Waals surface area contributed by atoms with Gasteiger partial charge in [0, 0.05) is 62.8 Å². The van der Waals surface area contributed by atoms with E-state index in [1.54, 1.807) is 6.20 Å². The van der Waals surface area contributed by atoms with Gasteiger partial charge in [-0.3, -0.25) is 23.9 Å². The minimum absolute atomic E-state index is 0.0914. The molecule has 1 aliphatic carbocycles. The first kappa shape index (κ1) is 19.7. The van der Waals surface area contributed by atoms with Crippen LogP contribution in [0.4, 0.5) is 10.1 Å². The molecule has 2 aliphatic rings. The van der Waals surface area contributed by atoms with Gasteiger partial charge in [0.25, 0.3) is 11.5 Å². The van der Waals surface area contributed by atoms with Crippen LogP contribution >= 0.6 is 0 Å². The number of pyridine rings is 1. The molecule has 0 radical (unpaired) electrons. The van der Waals surface area contributed by atoms with E-state index in [2.05, 4.69) is 30.1 Å². The van der Waals surface area contributed by atoms with Gasteiger partial charge in [-0.05, 0) is 12.8 Å². The minimum Gasteiger partial charge on any atom is -0.364 e. The van der Waals surface area contributed by atoms with Crippen LogP contribution in [-0.2, 0) is 13.0 Å². The van der Waals surface area contributed by atoms with Crippen LogP contribution in [0.25, 0.3) is 5.78 Å². The van der Waals surface area contributed by atoms with E-state index in [1.807, 2.05) is 23.7 Å². The quantitative estimate of drug-likeness (QED) is 0.632. The average Bonchev–Trinajstić information content (AvgIpc) is 3.47. The summed E-state index contributed by atoms with van der Waals surface area (Å²) in [6.07, 6.45) is 7.03. The predicted octanol–water partition coefficient (Wildman–Crippen LogP) is 0.942. The number of imidazole rings is 1. The van der Waals surface area contributed by atoms with Crippen molar-refractivity contribution in [3.05, 3.63) is 57.8 Å². The van der Waals surface area contributed by atoms with Crippen molar-refractivity contribution in [1.29, 1.82) is 0 Å². The lowest BCUT2D eigenvalue weighted by Gasteiger charge is -2.35. The van der Waals surface area contributed by atoms with Gasteiger partial charge in [-0.2, -0.15) is 0 Å². The Kier molecular flexibility index (Phi) is 4.73. The fourth-order valence-corrected chi connectivity index (χ4v) is 4.43. The summed E-state index contributed by atoms with van der Waals surface area (Å²) in [6.45, 7) is 4.20. The Hall–Kier alpha value is -3.27. The number of hydrogen-bond donors (Lipinski definition) is 2. The minimum atomic E-state index is -0.610. The van der Waals surface area contributed by atoms with E-state index >= 15 is 0 Å². The standard InChI is InChI=1S/C21H24FN7O2/c1-3-12-9-28-11-13(25-21(28)26-19(12)30)10-27-4-5-29(17-7-16(17)27)14-6-15(22)18(24-8-14)20(31)23-2/h6,8-9,11,16-17H,3-5,7,10H2,1-2H3,(H,23,31)(H,25,26,30). The highest BCUT2D eigenvalue weighted by atomic mass is 19.1. The first-order valence-electron chi connectivity index (χ1n) is 10.5. The lowest BCUT2D eigenvalue weighted by molar-refractivity contribution is 0.0953. The molecular weight excluding hydrogens is 401 g/mol. The third-order valence-electron chi connectivity index (χ3n) is 6.16. The molecule has 0 spiro atoms. The van der Waals surface area contributed by atoms with Gasteiger partial charge in [0.15, 0.2) is 11.5 Å². The van der Waals surface area contributed by atoms with Gasteiger partial charge in [0.2, 0.25) is 5.78 Å². The lowest BCUT2D eigenvalue weighted by atomic mass is 10.2. The summed E-state index contributed by atoms with van der Waals surface area (Å²) >= 11 is 0. The van der Waals surface area contributed by atoms with Crippen molar-refractivity contribution in [3.8, 4) is 0 Å². The number of hydrogen-bond acceptors (Lipinski definition) is 6. The third kappa shape index (κ3) is 3.46. The first-order chi connectivity index (χ1) is 15.0. The molecule has 0 aromatic carbocycles. The van der Waals surface area contributed by atoms with Crippen molar-refractivity contribution in [2.45, 2.75) is 38.4 Å². The van der Waals surface area contributed by atoms with E-state index in [4.69, 9.17) is 0 Å². The van der Waals surface area contributed by atoms with Crippen LogP contribution in [-0.4, -0.2) is 62.4 Å². The summed E-state index contributed by atoms with van der Waals surface area (Å²) in [5, 5.41) is 2.40. The summed E-state index contributed by atoms with van der Waals surface area (Å²) in [4.78, 5) is 39.7. The van der Waals surface area contributed by atoms with E-state index < -0.39 is 11.7 Å². The fourth-order valence-electron chi connectivity index (χ4n) is 4.43. The molecule has 5 rings (SSSR count). The van der Waals surface area contributed by atoms with Gasteiger partial charge in [-0.25, -0.2) is 14.4 Å². The molecule has 10 heteroatoms. The molecule has 2 fully saturated rings. The van der Waals surface area contributed by atoms with Crippen LogP contribution in [0.3, 0.4) is 0 Å². The highest BCUT2D eigenvalue weighted by molar-refractivity contribution is 5.92. The highest BCUT2D eigenvalue weighted by Gasteiger charge is 2.49. The Balaban J connectivity index is 1.29. The average molecular weight is 425 g/mol. The van der Waals surface area contributed by atoms with Crippen molar-refractivity contribution in [2.75, 3.05) is 25.0 Å². The molecule has 2 N–H and O–H groups in total. The Labute approximate surface area is 177 Å². The smallest absolute Gasteiger partial charge is 0.272 e. The molecule has 9 nitrogen and oxygen atoms in total. The summed E-state index contributed by atoms with van der Waals surface area (Å²) in [7, 11) is 1.45. The SMILES string of the molecule is CCc1cn2cc(CN3CCN(c4cnc(C(=O)NC)c(F)c4)C4CC43)nc2[nH]c1=O. The molecular formula is C21H24FN7O2. The number of aryl methyl sites for hydroxylation is 1. The number of aromatic amines is 1. The molecule has 1 amide bonds. The van der Waals surface area contributed by atoms with Gasteiger partial charge in [-0.15, -0.1) is 0 Å². The third-order valence-corrected chi connectivity index (χ3v) is 6.16. The molecule has 3 aromatic heterocycles. The zero-order valence-electron chi connectivity index (χ0n) is 17.4. The molecule has 1 saturated heterocycles. The first-order valence-corrected chi connectivity index (χ1v) is 10.5. The monoisotopic (exact) mass is 425 g/mol. The van der Waals surface area contributed by atoms with Crippen molar-refractivity contribution in [1.82, 2.24) is 29.6 Å². The Morgan fingerprint density at radius 1 is 1.32 bits per heavy atom. The second-order valence-corrected chi connectivity index (χ2v) is 8.06. The number of anilines is 1. The number of piperazine rings is 1. The molecule has 2 atom stereocenters. The number of H-pyrrole nitrogens is 1. The number of aromatic nitrogens is 4. The molecule has 4 heterocycles. The van der Waals surface area contributed by atoms with Gasteiger partial charge in [-0.1, -0.05) is 6.92 Å². The molecule has 3 aromatic rings. The molecule has 1 saturated carbocycles. The van der Waals surface area contributed by atoms with Crippen molar-refractivity contribution in [2.24, 2.45) is 0 Å². The Morgan fingerprint density at radius 2 is 2.16 bits per heavy atom. The van der Waals surface area contributed by atoms with Gasteiger partial charge in [0.1, 0.15) is 0 Å². The van der Waals surface area contributed by atoms with Crippen LogP contribution < -0.4 is 15.8 Å². The largest absolute Gasteiger partial charge is 0.364 e. The normalized spacial score (nSPS) is 20.7. The number of rotatable bonds is 5. The molecule has 31 heavy (non-hydrogen) atoms. The zero-order valence-corrected chi connectivity index (χ0v) is 17.4. The van der Waals surface area contributed by atoms with Crippen molar-refractivity contribution in [3.63, 3.8) is 0 Å². The van der Waals surface area contributed by atoms with Crippen LogP contribution in [0.2, 0.25) is 0 Å². The summed E-state index contributed by atoms with van der Waals surface area (Å²) in [5.74, 6) is -0.583. The Morgan fingerprint density at radius 3 is 2.90 bits per heavy atom. The number of halogens is 1. The van der Waals surface area contributed by atoms with Crippen LogP contribution in [0.5, 0.6) is 0 Å². The maximum absolute atomic E-state index is 14.3. The fraction of sp³-hybridized carbons (Fsp3) is 0.429. The number of nitrogens with one attached hydrogen (secondary N) is 2. The van der Waals surface area contributed by atoms with Crippen molar-refractivity contribution < 1.29 is 9.18 Å². The summed E-state index contributed by atoms with van der Waals surface area (Å²) < 4.78 is 16.2. The van der Waals surface area contributed by atoms with Gasteiger partial charge in [0.05, 0.1) is 17.6 Å². The van der Waals surface area contributed by atoms with E-state index in [0.29, 0.717) is 36.5 Å². The molecule has 1 aliphatic heterocycles. The second kappa shape index (κ2) is 7.45. The summed E-state index contributed by atoms with van der Waals surface area (Å²) in [6, 6.07) is 2.06. The molecule has 0 bridgehead atoms. The molecule has 162 valence electrons. The summed E-state index contributed by atoms with van der Waals surface area (Å²) in [5.41, 5.74) is 2.07. The van der Waals surface area contributed by atoms with Crippen LogP contribution in [0.1, 0.15) is 35.1 Å². The number of carbonyl (C=O) groups excluding carboxylic acids is 1. The lowest BCUT2D eigenvalue weighted by Crippen LogP contribution is -2.46. The van der Waals surface area contributed by atoms with Crippen LogP contribution in [0, 0.1) is 5.82 Å². The van der Waals surface area contributed by atoms with E-state index in [9.17, 15) is 14.0 Å². The highest BCUT2D eigenvalue weighted by Crippen LogP contribution is 2.40. The maximum Gasteiger partial charge on any atom is 0.272 e. The molecule has 2 unspecified atom stereocenters. The number of fused-ring (bicyclic) bond motifs is 2. The van der Waals surface area contributed by atoms with E-state index in [1.165, 1.54) is 13.1 Å². The van der Waals surface area contributed by atoms with Gasteiger partial charge >= 0.3 is 0 Å². The van der Waals surface area contributed by atoms with Crippen molar-refractivity contribution >= 4 is 17.4 Å². The van der Waals surface area contributed by atoms with Crippen LogP contribution in [0.15, 0.2) is 29.5 Å². The second-order valence-electron chi connectivity index (χ2n) is 8.06. The number of nitrogens with zero attached hydrogens (tertiary/aromatic N) is 5. The van der Waals surface area contributed by atoms with Gasteiger partial charge < -0.3 is 10.2 Å². The number of amides is 1. The Bertz CT molecular complexity index is 1220. The zero-order chi connectivity index (χ0) is 21.7. The van der Waals surface area contributed by atoms with E-state index in [-0.39, 0.29) is 11.3 Å². The van der Waals surface area contributed by atoms with E-state index in [0.717, 1.165) is 30.8 Å². The number of carbonyl (C=O) groups is 1.